The standard InChI is InChI=1S/C19H18N6O2/c1-13(26)24-15-5-7-16(8-6-15)25-19-22-10-14(11-23-19)18(27)21-12-17-4-2-3-9-20-17/h2-11H,12H2,1H3,(H,21,27)(H,24,26)(H,22,23,25). The van der Waals surface area contributed by atoms with Crippen molar-refractivity contribution in [2.75, 3.05) is 10.6 Å². The highest BCUT2D eigenvalue weighted by Crippen LogP contribution is 2.16. The van der Waals surface area contributed by atoms with Crippen LogP contribution in [0.2, 0.25) is 0 Å². The number of nitrogens with one attached hydrogen (secondary N) is 3. The molecule has 0 aliphatic heterocycles. The Morgan fingerprint density at radius 2 is 1.63 bits per heavy atom. The van der Waals surface area contributed by atoms with Crippen molar-refractivity contribution in [1.29, 1.82) is 0 Å². The van der Waals surface area contributed by atoms with E-state index in [0.29, 0.717) is 23.7 Å². The summed E-state index contributed by atoms with van der Waals surface area (Å²) in [6.07, 6.45) is 4.58. The van der Waals surface area contributed by atoms with Crippen LogP contribution >= 0.6 is 0 Å². The van der Waals surface area contributed by atoms with Crippen LogP contribution < -0.4 is 16.0 Å². The number of hydrogen-bond acceptors (Lipinski definition) is 6. The zero-order valence-corrected chi connectivity index (χ0v) is 14.6. The lowest BCUT2D eigenvalue weighted by atomic mass is 10.3. The maximum absolute atomic E-state index is 12.1. The Bertz CT molecular complexity index is 911. The first-order chi connectivity index (χ1) is 13.1. The Morgan fingerprint density at radius 3 is 2.26 bits per heavy atom. The zero-order chi connectivity index (χ0) is 19.1. The molecule has 8 nitrogen and oxygen atoms in total. The van der Waals surface area contributed by atoms with Crippen LogP contribution in [-0.2, 0) is 11.3 Å². The normalized spacial score (nSPS) is 10.1. The lowest BCUT2D eigenvalue weighted by Gasteiger charge is -2.07. The predicted octanol–water partition coefficient (Wildman–Crippen LogP) is 2.50. The highest BCUT2D eigenvalue weighted by Gasteiger charge is 2.07. The Morgan fingerprint density at radius 1 is 0.926 bits per heavy atom. The average molecular weight is 362 g/mol. The summed E-state index contributed by atoms with van der Waals surface area (Å²) in [5.41, 5.74) is 2.59. The maximum atomic E-state index is 12.1. The molecule has 136 valence electrons. The number of nitrogens with zero attached hydrogens (tertiary/aromatic N) is 3. The molecule has 0 spiro atoms. The van der Waals surface area contributed by atoms with Crippen LogP contribution in [-0.4, -0.2) is 26.8 Å². The third-order valence-electron chi connectivity index (χ3n) is 3.53. The molecule has 3 N–H and O–H groups in total. The van der Waals surface area contributed by atoms with Gasteiger partial charge < -0.3 is 16.0 Å². The number of carbonyl (C=O) groups is 2. The second-order valence-corrected chi connectivity index (χ2v) is 5.68. The predicted molar refractivity (Wildman–Crippen MR) is 101 cm³/mol. The van der Waals surface area contributed by atoms with Gasteiger partial charge in [-0.05, 0) is 36.4 Å². The molecule has 3 rings (SSSR count). The van der Waals surface area contributed by atoms with E-state index in [0.717, 1.165) is 11.4 Å². The fourth-order valence-electron chi connectivity index (χ4n) is 2.25. The number of aromatic nitrogens is 3. The minimum Gasteiger partial charge on any atom is -0.346 e. The van der Waals surface area contributed by atoms with Crippen molar-refractivity contribution in [3.05, 3.63) is 72.3 Å². The van der Waals surface area contributed by atoms with E-state index in [2.05, 4.69) is 30.9 Å². The molecule has 0 aliphatic carbocycles. The van der Waals surface area contributed by atoms with Crippen LogP contribution in [0, 0.1) is 0 Å². The summed E-state index contributed by atoms with van der Waals surface area (Å²) in [4.78, 5) is 35.6. The average Bonchev–Trinajstić information content (AvgIpc) is 2.69. The quantitative estimate of drug-likeness (QED) is 0.622. The van der Waals surface area contributed by atoms with Crippen molar-refractivity contribution in [2.45, 2.75) is 13.5 Å². The molecule has 27 heavy (non-hydrogen) atoms. The minimum absolute atomic E-state index is 0.129. The molecule has 0 aliphatic rings. The van der Waals surface area contributed by atoms with E-state index in [9.17, 15) is 9.59 Å². The Hall–Kier alpha value is -3.81. The van der Waals surface area contributed by atoms with E-state index in [1.165, 1.54) is 19.3 Å². The number of pyridine rings is 1. The van der Waals surface area contributed by atoms with Crippen LogP contribution in [0.15, 0.2) is 61.1 Å². The number of carbonyl (C=O) groups excluding carboxylic acids is 2. The molecule has 2 heterocycles. The van der Waals surface area contributed by atoms with E-state index >= 15 is 0 Å². The van der Waals surface area contributed by atoms with Crippen molar-refractivity contribution in [2.24, 2.45) is 0 Å². The lowest BCUT2D eigenvalue weighted by molar-refractivity contribution is -0.114. The van der Waals surface area contributed by atoms with Gasteiger partial charge in [0.25, 0.3) is 5.91 Å². The fraction of sp³-hybridized carbons (Fsp3) is 0.105. The van der Waals surface area contributed by atoms with Crippen LogP contribution in [0.25, 0.3) is 0 Å². The largest absolute Gasteiger partial charge is 0.346 e. The molecule has 2 amide bonds. The highest BCUT2D eigenvalue weighted by atomic mass is 16.2. The number of hydrogen-bond donors (Lipinski definition) is 3. The van der Waals surface area contributed by atoms with Gasteiger partial charge >= 0.3 is 0 Å². The number of anilines is 3. The highest BCUT2D eigenvalue weighted by molar-refractivity contribution is 5.93. The third kappa shape index (κ3) is 5.33. The molecule has 0 atom stereocenters. The third-order valence-corrected chi connectivity index (χ3v) is 3.53. The number of rotatable bonds is 6. The van der Waals surface area contributed by atoms with Crippen LogP contribution in [0.4, 0.5) is 17.3 Å². The van der Waals surface area contributed by atoms with Crippen LogP contribution in [0.3, 0.4) is 0 Å². The summed E-state index contributed by atoms with van der Waals surface area (Å²) in [7, 11) is 0. The van der Waals surface area contributed by atoms with Gasteiger partial charge in [-0.3, -0.25) is 14.6 Å². The Balaban J connectivity index is 1.56. The van der Waals surface area contributed by atoms with E-state index in [-0.39, 0.29) is 11.8 Å². The van der Waals surface area contributed by atoms with E-state index < -0.39 is 0 Å². The molecule has 0 bridgehead atoms. The van der Waals surface area contributed by atoms with Gasteiger partial charge in [-0.25, -0.2) is 9.97 Å². The molecule has 2 aromatic heterocycles. The second kappa shape index (κ2) is 8.52. The zero-order valence-electron chi connectivity index (χ0n) is 14.6. The van der Waals surface area contributed by atoms with E-state index in [1.54, 1.807) is 30.5 Å². The molecule has 0 radical (unpaired) electrons. The number of amides is 2. The first kappa shape index (κ1) is 18.0. The van der Waals surface area contributed by atoms with Gasteiger partial charge in [-0.1, -0.05) is 6.07 Å². The van der Waals surface area contributed by atoms with Gasteiger partial charge in [-0.2, -0.15) is 0 Å². The summed E-state index contributed by atoms with van der Waals surface area (Å²) in [5, 5.41) is 8.49. The summed E-state index contributed by atoms with van der Waals surface area (Å²) in [5.74, 6) is -0.0358. The van der Waals surface area contributed by atoms with Crippen molar-refractivity contribution in [3.8, 4) is 0 Å². The van der Waals surface area contributed by atoms with Gasteiger partial charge in [0.2, 0.25) is 11.9 Å². The van der Waals surface area contributed by atoms with Crippen molar-refractivity contribution in [3.63, 3.8) is 0 Å². The summed E-state index contributed by atoms with van der Waals surface area (Å²) < 4.78 is 0. The van der Waals surface area contributed by atoms with E-state index in [1.807, 2.05) is 18.2 Å². The summed E-state index contributed by atoms with van der Waals surface area (Å²) in [6.45, 7) is 1.79. The lowest BCUT2D eigenvalue weighted by Crippen LogP contribution is -2.23. The Labute approximate surface area is 156 Å². The summed E-state index contributed by atoms with van der Waals surface area (Å²) in [6, 6.07) is 12.6. The fourth-order valence-corrected chi connectivity index (χ4v) is 2.25. The minimum atomic E-state index is -0.271. The van der Waals surface area contributed by atoms with E-state index in [4.69, 9.17) is 0 Å². The molecule has 3 aromatic rings. The second-order valence-electron chi connectivity index (χ2n) is 5.68. The van der Waals surface area contributed by atoms with Crippen LogP contribution in [0.5, 0.6) is 0 Å². The number of benzene rings is 1. The van der Waals surface area contributed by atoms with Gasteiger partial charge in [0.05, 0.1) is 17.8 Å². The van der Waals surface area contributed by atoms with Crippen LogP contribution in [0.1, 0.15) is 23.0 Å². The van der Waals surface area contributed by atoms with Crippen molar-refractivity contribution < 1.29 is 9.59 Å². The molecule has 0 unspecified atom stereocenters. The van der Waals surface area contributed by atoms with Gasteiger partial charge in [0, 0.05) is 36.9 Å². The molecule has 0 fully saturated rings. The smallest absolute Gasteiger partial charge is 0.254 e. The van der Waals surface area contributed by atoms with Gasteiger partial charge in [-0.15, -0.1) is 0 Å². The Kier molecular flexibility index (Phi) is 5.68. The molecule has 8 heteroatoms. The SMILES string of the molecule is CC(=O)Nc1ccc(Nc2ncc(C(=O)NCc3ccccn3)cn2)cc1. The first-order valence-electron chi connectivity index (χ1n) is 8.25. The molecular formula is C19H18N6O2. The molecule has 0 saturated carbocycles. The summed E-state index contributed by atoms with van der Waals surface area (Å²) >= 11 is 0. The molecule has 0 saturated heterocycles. The topological polar surface area (TPSA) is 109 Å². The van der Waals surface area contributed by atoms with Gasteiger partial charge in [0.1, 0.15) is 0 Å². The van der Waals surface area contributed by atoms with Crippen molar-refractivity contribution in [1.82, 2.24) is 20.3 Å². The first-order valence-corrected chi connectivity index (χ1v) is 8.25. The molecular weight excluding hydrogens is 344 g/mol. The molecule has 1 aromatic carbocycles. The monoisotopic (exact) mass is 362 g/mol. The maximum Gasteiger partial charge on any atom is 0.254 e. The van der Waals surface area contributed by atoms with Crippen molar-refractivity contribution >= 4 is 29.1 Å². The van der Waals surface area contributed by atoms with Gasteiger partial charge in [0.15, 0.2) is 0 Å².